The number of carbonyl (C=O) groups excluding carboxylic acids is 1. The van der Waals surface area contributed by atoms with Crippen molar-refractivity contribution in [3.63, 3.8) is 0 Å². The Bertz CT molecular complexity index is 541. The van der Waals surface area contributed by atoms with Crippen LogP contribution in [-0.4, -0.2) is 17.0 Å². The van der Waals surface area contributed by atoms with Crippen LogP contribution in [0.15, 0.2) is 22.7 Å². The van der Waals surface area contributed by atoms with E-state index in [0.717, 1.165) is 17.3 Å². The number of nitrogens with one attached hydrogen (secondary N) is 1. The highest BCUT2D eigenvalue weighted by Gasteiger charge is 2.43. The third-order valence-corrected chi connectivity index (χ3v) is 4.54. The van der Waals surface area contributed by atoms with E-state index in [1.54, 1.807) is 18.2 Å². The van der Waals surface area contributed by atoms with Gasteiger partial charge in [-0.15, -0.1) is 0 Å². The van der Waals surface area contributed by atoms with Crippen LogP contribution in [0.1, 0.15) is 32.1 Å². The third kappa shape index (κ3) is 3.33. The molecule has 0 saturated heterocycles. The van der Waals surface area contributed by atoms with Crippen LogP contribution in [0.2, 0.25) is 5.02 Å². The zero-order chi connectivity index (χ0) is 14.8. The van der Waals surface area contributed by atoms with Gasteiger partial charge < -0.3 is 10.4 Å². The third-order valence-electron chi connectivity index (χ3n) is 3.72. The number of amides is 1. The monoisotopic (exact) mass is 359 g/mol. The Labute approximate surface area is 130 Å². The van der Waals surface area contributed by atoms with Gasteiger partial charge in [-0.3, -0.25) is 9.59 Å². The van der Waals surface area contributed by atoms with Gasteiger partial charge in [0.25, 0.3) is 0 Å². The number of anilines is 1. The largest absolute Gasteiger partial charge is 0.481 e. The number of benzene rings is 1. The Balaban J connectivity index is 2.08. The standard InChI is InChI=1S/C14H15BrClNO3/c15-9-3-4-10(16)11(7-9)17-12(18)8-14(13(19)20)5-1-2-6-14/h3-4,7H,1-2,5-6,8H2,(H,17,18)(H,19,20). The van der Waals surface area contributed by atoms with Crippen LogP contribution in [-0.2, 0) is 9.59 Å². The van der Waals surface area contributed by atoms with E-state index in [1.165, 1.54) is 0 Å². The summed E-state index contributed by atoms with van der Waals surface area (Å²) in [5, 5.41) is 12.5. The second-order valence-electron chi connectivity index (χ2n) is 5.14. The number of hydrogen-bond donors (Lipinski definition) is 2. The lowest BCUT2D eigenvalue weighted by atomic mass is 9.82. The van der Waals surface area contributed by atoms with Crippen LogP contribution in [0.3, 0.4) is 0 Å². The lowest BCUT2D eigenvalue weighted by Crippen LogP contribution is -2.32. The molecular weight excluding hydrogens is 346 g/mol. The highest BCUT2D eigenvalue weighted by Crippen LogP contribution is 2.41. The first-order chi connectivity index (χ1) is 9.43. The quantitative estimate of drug-likeness (QED) is 0.850. The van der Waals surface area contributed by atoms with Crippen LogP contribution >= 0.6 is 27.5 Å². The van der Waals surface area contributed by atoms with E-state index in [9.17, 15) is 14.7 Å². The van der Waals surface area contributed by atoms with Crippen molar-refractivity contribution in [1.29, 1.82) is 0 Å². The van der Waals surface area contributed by atoms with Crippen LogP contribution in [0, 0.1) is 5.41 Å². The highest BCUT2D eigenvalue weighted by molar-refractivity contribution is 9.10. The van der Waals surface area contributed by atoms with E-state index in [1.807, 2.05) is 0 Å². The molecule has 1 saturated carbocycles. The number of carboxylic acid groups (broad SMARTS) is 1. The summed E-state index contributed by atoms with van der Waals surface area (Å²) in [4.78, 5) is 23.5. The Morgan fingerprint density at radius 1 is 1.35 bits per heavy atom. The summed E-state index contributed by atoms with van der Waals surface area (Å²) in [6.45, 7) is 0. The molecule has 20 heavy (non-hydrogen) atoms. The van der Waals surface area contributed by atoms with E-state index in [2.05, 4.69) is 21.2 Å². The van der Waals surface area contributed by atoms with Gasteiger partial charge in [-0.05, 0) is 31.0 Å². The molecule has 1 fully saturated rings. The maximum atomic E-state index is 12.1. The van der Waals surface area contributed by atoms with Crippen molar-refractivity contribution in [2.45, 2.75) is 32.1 Å². The molecule has 6 heteroatoms. The Morgan fingerprint density at radius 3 is 2.60 bits per heavy atom. The molecule has 1 aromatic rings. The first-order valence-corrected chi connectivity index (χ1v) is 7.58. The summed E-state index contributed by atoms with van der Waals surface area (Å²) < 4.78 is 0.797. The minimum absolute atomic E-state index is 0.00875. The summed E-state index contributed by atoms with van der Waals surface area (Å²) >= 11 is 9.31. The molecule has 1 aliphatic rings. The van der Waals surface area contributed by atoms with Gasteiger partial charge in [0.1, 0.15) is 0 Å². The number of carboxylic acids is 1. The molecule has 0 aliphatic heterocycles. The predicted molar refractivity (Wildman–Crippen MR) is 80.9 cm³/mol. The smallest absolute Gasteiger partial charge is 0.310 e. The summed E-state index contributed by atoms with van der Waals surface area (Å²) in [5.41, 5.74) is -0.424. The maximum Gasteiger partial charge on any atom is 0.310 e. The van der Waals surface area contributed by atoms with Gasteiger partial charge in [-0.1, -0.05) is 40.4 Å². The van der Waals surface area contributed by atoms with Gasteiger partial charge in [-0.25, -0.2) is 0 Å². The SMILES string of the molecule is O=C(CC1(C(=O)O)CCCC1)Nc1cc(Br)ccc1Cl. The minimum atomic E-state index is -0.914. The van der Waals surface area contributed by atoms with Gasteiger partial charge in [0.2, 0.25) is 5.91 Å². The number of rotatable bonds is 4. The van der Waals surface area contributed by atoms with Gasteiger partial charge in [0.05, 0.1) is 16.1 Å². The van der Waals surface area contributed by atoms with Crippen molar-refractivity contribution in [3.8, 4) is 0 Å². The van der Waals surface area contributed by atoms with Crippen molar-refractivity contribution in [1.82, 2.24) is 0 Å². The first kappa shape index (κ1) is 15.3. The Morgan fingerprint density at radius 2 is 2.00 bits per heavy atom. The molecule has 108 valence electrons. The Kier molecular flexibility index (Phi) is 4.70. The molecule has 0 aromatic heterocycles. The van der Waals surface area contributed by atoms with Gasteiger partial charge in [0, 0.05) is 10.9 Å². The van der Waals surface area contributed by atoms with E-state index < -0.39 is 11.4 Å². The predicted octanol–water partition coefficient (Wildman–Crippen LogP) is 4.08. The average Bonchev–Trinajstić information content (AvgIpc) is 2.83. The summed E-state index contributed by atoms with van der Waals surface area (Å²) in [6.07, 6.45) is 2.82. The molecule has 0 heterocycles. The van der Waals surface area contributed by atoms with Crippen molar-refractivity contribution in [2.24, 2.45) is 5.41 Å². The maximum absolute atomic E-state index is 12.1. The van der Waals surface area contributed by atoms with E-state index in [4.69, 9.17) is 11.6 Å². The number of aliphatic carboxylic acids is 1. The van der Waals surface area contributed by atoms with Crippen molar-refractivity contribution >= 4 is 45.1 Å². The molecular formula is C14H15BrClNO3. The lowest BCUT2D eigenvalue weighted by Gasteiger charge is -2.23. The molecule has 1 aromatic carbocycles. The van der Waals surface area contributed by atoms with Gasteiger partial charge in [0.15, 0.2) is 0 Å². The second-order valence-corrected chi connectivity index (χ2v) is 6.46. The lowest BCUT2D eigenvalue weighted by molar-refractivity contribution is -0.150. The zero-order valence-corrected chi connectivity index (χ0v) is 13.1. The molecule has 0 bridgehead atoms. The molecule has 0 radical (unpaired) electrons. The van der Waals surface area contributed by atoms with E-state index in [0.29, 0.717) is 23.6 Å². The fourth-order valence-corrected chi connectivity index (χ4v) is 3.14. The number of carbonyl (C=O) groups is 2. The molecule has 1 aliphatic carbocycles. The molecule has 0 atom stereocenters. The van der Waals surface area contributed by atoms with Gasteiger partial charge in [-0.2, -0.15) is 0 Å². The van der Waals surface area contributed by atoms with Crippen LogP contribution in [0.4, 0.5) is 5.69 Å². The van der Waals surface area contributed by atoms with Crippen LogP contribution in [0.5, 0.6) is 0 Å². The van der Waals surface area contributed by atoms with Gasteiger partial charge >= 0.3 is 5.97 Å². The Hall–Kier alpha value is -1.07. The van der Waals surface area contributed by atoms with Crippen molar-refractivity contribution in [2.75, 3.05) is 5.32 Å². The molecule has 4 nitrogen and oxygen atoms in total. The zero-order valence-electron chi connectivity index (χ0n) is 10.8. The summed E-state index contributed by atoms with van der Waals surface area (Å²) in [7, 11) is 0. The number of halogens is 2. The fraction of sp³-hybridized carbons (Fsp3) is 0.429. The number of hydrogen-bond acceptors (Lipinski definition) is 2. The molecule has 1 amide bonds. The molecule has 2 rings (SSSR count). The molecule has 2 N–H and O–H groups in total. The topological polar surface area (TPSA) is 66.4 Å². The summed E-state index contributed by atoms with van der Waals surface area (Å²) in [5.74, 6) is -1.19. The highest BCUT2D eigenvalue weighted by atomic mass is 79.9. The van der Waals surface area contributed by atoms with Crippen LogP contribution < -0.4 is 5.32 Å². The molecule has 0 spiro atoms. The molecule has 0 unspecified atom stereocenters. The van der Waals surface area contributed by atoms with Crippen molar-refractivity contribution in [3.05, 3.63) is 27.7 Å². The minimum Gasteiger partial charge on any atom is -0.481 e. The second kappa shape index (κ2) is 6.14. The average molecular weight is 361 g/mol. The van der Waals surface area contributed by atoms with E-state index in [-0.39, 0.29) is 12.3 Å². The fourth-order valence-electron chi connectivity index (χ4n) is 2.61. The normalized spacial score (nSPS) is 16.9. The summed E-state index contributed by atoms with van der Waals surface area (Å²) in [6, 6.07) is 5.14. The van der Waals surface area contributed by atoms with Crippen molar-refractivity contribution < 1.29 is 14.7 Å². The first-order valence-electron chi connectivity index (χ1n) is 6.41. The van der Waals surface area contributed by atoms with E-state index >= 15 is 0 Å². The van der Waals surface area contributed by atoms with Crippen LogP contribution in [0.25, 0.3) is 0 Å².